The van der Waals surface area contributed by atoms with Gasteiger partial charge >= 0.3 is 0 Å². The molecule has 12 heavy (non-hydrogen) atoms. The summed E-state index contributed by atoms with van der Waals surface area (Å²) in [7, 11) is 0. The summed E-state index contributed by atoms with van der Waals surface area (Å²) in [6.45, 7) is 3.47. The molecular weight excluding hydrogens is 174 g/mol. The van der Waals surface area contributed by atoms with Crippen molar-refractivity contribution >= 4 is 17.4 Å². The van der Waals surface area contributed by atoms with Gasteiger partial charge in [0.05, 0.1) is 4.92 Å². The molecule has 0 aromatic carbocycles. The third-order valence-electron chi connectivity index (χ3n) is 1.40. The van der Waals surface area contributed by atoms with Crippen LogP contribution in [0.3, 0.4) is 0 Å². The highest BCUT2D eigenvalue weighted by Gasteiger charge is 2.02. The van der Waals surface area contributed by atoms with Crippen LogP contribution in [0.5, 0.6) is 0 Å². The van der Waals surface area contributed by atoms with E-state index in [-0.39, 0.29) is 10.6 Å². The summed E-state index contributed by atoms with van der Waals surface area (Å²) in [4.78, 5) is 12.0. The Morgan fingerprint density at radius 1 is 1.67 bits per heavy atom. The van der Waals surface area contributed by atoms with Crippen molar-refractivity contribution in [1.82, 2.24) is 0 Å². The highest BCUT2D eigenvalue weighted by atomic mass is 32.1. The number of hydrogen-bond acceptors (Lipinski definition) is 3. The first-order chi connectivity index (χ1) is 5.59. The topological polar surface area (TPSA) is 43.1 Å². The molecule has 0 spiro atoms. The average Bonchev–Trinajstić information content (AvgIpc) is 2.35. The smallest absolute Gasteiger partial charge is 0.244 e. The summed E-state index contributed by atoms with van der Waals surface area (Å²) in [5, 5.41) is 10.3. The molecule has 0 amide bonds. The maximum Gasteiger partial charge on any atom is 0.244 e. The molecule has 1 heterocycles. The van der Waals surface area contributed by atoms with Crippen molar-refractivity contribution in [1.29, 1.82) is 0 Å². The maximum absolute atomic E-state index is 10.3. The van der Waals surface area contributed by atoms with Gasteiger partial charge in [0.25, 0.3) is 0 Å². The van der Waals surface area contributed by atoms with Crippen LogP contribution in [0.15, 0.2) is 17.8 Å². The van der Waals surface area contributed by atoms with Crippen molar-refractivity contribution in [3.05, 3.63) is 37.7 Å². The standard InChI is InChI=1S/C8H9NO2S/c1-6(9(10)11)5-8-4-3-7(2)12-8/h3-5H,1-2H3/b6-5+. The third-order valence-corrected chi connectivity index (χ3v) is 2.35. The van der Waals surface area contributed by atoms with Crippen LogP contribution in [0.25, 0.3) is 6.08 Å². The van der Waals surface area contributed by atoms with Crippen LogP contribution in [-0.4, -0.2) is 4.92 Å². The lowest BCUT2D eigenvalue weighted by Gasteiger charge is -1.86. The molecule has 4 heteroatoms. The van der Waals surface area contributed by atoms with E-state index in [0.29, 0.717) is 0 Å². The van der Waals surface area contributed by atoms with E-state index in [1.54, 1.807) is 17.4 Å². The monoisotopic (exact) mass is 183 g/mol. The fraction of sp³-hybridized carbons (Fsp3) is 0.250. The summed E-state index contributed by atoms with van der Waals surface area (Å²) in [5.74, 6) is 0. The molecule has 1 aromatic rings. The Balaban J connectivity index is 2.87. The van der Waals surface area contributed by atoms with E-state index in [2.05, 4.69) is 0 Å². The first-order valence-electron chi connectivity index (χ1n) is 3.49. The van der Waals surface area contributed by atoms with Gasteiger partial charge in [0.15, 0.2) is 0 Å². The molecule has 0 radical (unpaired) electrons. The minimum absolute atomic E-state index is 0.178. The minimum atomic E-state index is -0.380. The van der Waals surface area contributed by atoms with Crippen LogP contribution in [0, 0.1) is 17.0 Å². The fourth-order valence-electron chi connectivity index (χ4n) is 0.790. The fourth-order valence-corrected chi connectivity index (χ4v) is 1.66. The molecule has 1 rings (SSSR count). The molecule has 0 N–H and O–H groups in total. The van der Waals surface area contributed by atoms with Gasteiger partial charge in [-0.3, -0.25) is 10.1 Å². The summed E-state index contributed by atoms with van der Waals surface area (Å²) >= 11 is 1.55. The highest BCUT2D eigenvalue weighted by molar-refractivity contribution is 7.12. The molecule has 0 saturated heterocycles. The van der Waals surface area contributed by atoms with Crippen molar-refractivity contribution in [3.63, 3.8) is 0 Å². The number of nitro groups is 1. The summed E-state index contributed by atoms with van der Waals surface area (Å²) in [5.41, 5.74) is 0.178. The minimum Gasteiger partial charge on any atom is -0.259 e. The molecule has 0 saturated carbocycles. The van der Waals surface area contributed by atoms with Crippen molar-refractivity contribution in [2.75, 3.05) is 0 Å². The molecule has 0 unspecified atom stereocenters. The number of nitrogens with zero attached hydrogens (tertiary/aromatic N) is 1. The molecule has 0 aliphatic heterocycles. The van der Waals surface area contributed by atoms with Crippen LogP contribution in [0.2, 0.25) is 0 Å². The predicted molar refractivity (Wildman–Crippen MR) is 49.7 cm³/mol. The zero-order valence-electron chi connectivity index (χ0n) is 6.90. The average molecular weight is 183 g/mol. The Morgan fingerprint density at radius 3 is 2.75 bits per heavy atom. The quantitative estimate of drug-likeness (QED) is 0.522. The van der Waals surface area contributed by atoms with Gasteiger partial charge in [-0.05, 0) is 19.1 Å². The van der Waals surface area contributed by atoms with Crippen molar-refractivity contribution in [2.24, 2.45) is 0 Å². The van der Waals surface area contributed by atoms with Crippen LogP contribution in [0.1, 0.15) is 16.7 Å². The van der Waals surface area contributed by atoms with Crippen molar-refractivity contribution in [3.8, 4) is 0 Å². The Labute approximate surface area is 74.5 Å². The Kier molecular flexibility index (Phi) is 2.60. The number of aryl methyl sites for hydroxylation is 1. The van der Waals surface area contributed by atoms with E-state index in [1.165, 1.54) is 6.92 Å². The molecular formula is C8H9NO2S. The van der Waals surface area contributed by atoms with E-state index < -0.39 is 0 Å². The second-order valence-electron chi connectivity index (χ2n) is 2.49. The number of thiophene rings is 1. The van der Waals surface area contributed by atoms with Gasteiger partial charge in [0, 0.05) is 22.8 Å². The van der Waals surface area contributed by atoms with Crippen LogP contribution in [-0.2, 0) is 0 Å². The zero-order valence-corrected chi connectivity index (χ0v) is 7.72. The lowest BCUT2D eigenvalue weighted by molar-refractivity contribution is -0.422. The van der Waals surface area contributed by atoms with Crippen LogP contribution >= 0.6 is 11.3 Å². The van der Waals surface area contributed by atoms with Crippen molar-refractivity contribution < 1.29 is 4.92 Å². The Bertz CT molecular complexity index is 328. The second-order valence-corrected chi connectivity index (χ2v) is 3.81. The highest BCUT2D eigenvalue weighted by Crippen LogP contribution is 2.18. The van der Waals surface area contributed by atoms with E-state index in [9.17, 15) is 10.1 Å². The molecule has 3 nitrogen and oxygen atoms in total. The van der Waals surface area contributed by atoms with E-state index in [4.69, 9.17) is 0 Å². The first kappa shape index (κ1) is 8.93. The van der Waals surface area contributed by atoms with Gasteiger partial charge in [-0.15, -0.1) is 11.3 Å². The Hall–Kier alpha value is -1.16. The van der Waals surface area contributed by atoms with E-state index in [1.807, 2.05) is 19.1 Å². The van der Waals surface area contributed by atoms with Crippen LogP contribution in [0.4, 0.5) is 0 Å². The molecule has 0 bridgehead atoms. The van der Waals surface area contributed by atoms with Gasteiger partial charge in [0.2, 0.25) is 5.70 Å². The lowest BCUT2D eigenvalue weighted by atomic mass is 10.4. The van der Waals surface area contributed by atoms with Crippen LogP contribution < -0.4 is 0 Å². The number of rotatable bonds is 2. The third kappa shape index (κ3) is 2.17. The Morgan fingerprint density at radius 2 is 2.33 bits per heavy atom. The molecule has 1 aromatic heterocycles. The SMILES string of the molecule is C/C(=C\c1ccc(C)s1)[N+](=O)[O-]. The zero-order chi connectivity index (χ0) is 9.14. The lowest BCUT2D eigenvalue weighted by Crippen LogP contribution is -1.91. The maximum atomic E-state index is 10.3. The van der Waals surface area contributed by atoms with E-state index >= 15 is 0 Å². The van der Waals surface area contributed by atoms with Gasteiger partial charge in [-0.25, -0.2) is 0 Å². The van der Waals surface area contributed by atoms with Gasteiger partial charge in [0.1, 0.15) is 0 Å². The summed E-state index contributed by atoms with van der Waals surface area (Å²) in [6.07, 6.45) is 1.58. The molecule has 0 aliphatic rings. The summed E-state index contributed by atoms with van der Waals surface area (Å²) < 4.78 is 0. The molecule has 0 fully saturated rings. The normalized spacial score (nSPS) is 11.7. The van der Waals surface area contributed by atoms with Gasteiger partial charge < -0.3 is 0 Å². The number of hydrogen-bond donors (Lipinski definition) is 0. The van der Waals surface area contributed by atoms with Gasteiger partial charge in [-0.1, -0.05) is 0 Å². The largest absolute Gasteiger partial charge is 0.259 e. The van der Waals surface area contributed by atoms with E-state index in [0.717, 1.165) is 9.75 Å². The molecule has 0 atom stereocenters. The van der Waals surface area contributed by atoms with Gasteiger partial charge in [-0.2, -0.15) is 0 Å². The second kappa shape index (κ2) is 3.49. The summed E-state index contributed by atoms with van der Waals surface area (Å²) in [6, 6.07) is 3.83. The number of allylic oxidation sites excluding steroid dienone is 1. The molecule has 64 valence electrons. The van der Waals surface area contributed by atoms with Crippen molar-refractivity contribution in [2.45, 2.75) is 13.8 Å². The molecule has 0 aliphatic carbocycles. The predicted octanol–water partition coefficient (Wildman–Crippen LogP) is 2.69. The first-order valence-corrected chi connectivity index (χ1v) is 4.30.